The predicted molar refractivity (Wildman–Crippen MR) is 117 cm³/mol. The number of nitrogens with one attached hydrogen (secondary N) is 1. The number of aliphatic hydroxyl groups excluding tert-OH is 2. The van der Waals surface area contributed by atoms with E-state index in [0.717, 1.165) is 19.6 Å². The molecule has 29 heavy (non-hydrogen) atoms. The predicted octanol–water partition coefficient (Wildman–Crippen LogP) is 3.43. The highest BCUT2D eigenvalue weighted by Gasteiger charge is 2.65. The van der Waals surface area contributed by atoms with Crippen molar-refractivity contribution >= 4 is 0 Å². The number of nitrogens with zero attached hydrogens (tertiary/aromatic N) is 1. The van der Waals surface area contributed by atoms with Crippen molar-refractivity contribution in [3.63, 3.8) is 0 Å². The van der Waals surface area contributed by atoms with E-state index in [0.29, 0.717) is 47.0 Å². The second-order valence-corrected chi connectivity index (χ2v) is 11.6. The Morgan fingerprint density at radius 1 is 0.931 bits per heavy atom. The molecule has 2 heterocycles. The Kier molecular flexibility index (Phi) is 5.39. The van der Waals surface area contributed by atoms with Crippen LogP contribution in [0.15, 0.2) is 30.3 Å². The van der Waals surface area contributed by atoms with Crippen molar-refractivity contribution in [2.24, 2.45) is 21.7 Å². The molecule has 0 amide bonds. The summed E-state index contributed by atoms with van der Waals surface area (Å²) in [6.07, 6.45) is 5.01. The van der Waals surface area contributed by atoms with Crippen molar-refractivity contribution < 1.29 is 10.2 Å². The summed E-state index contributed by atoms with van der Waals surface area (Å²) < 4.78 is 0. The molecule has 4 nitrogen and oxygen atoms in total. The number of likely N-dealkylation sites (tertiary alicyclic amines) is 1. The summed E-state index contributed by atoms with van der Waals surface area (Å²) >= 11 is 0. The molecular formula is C25H40N2O2. The normalized spacial score (nSPS) is 38.8. The molecule has 162 valence electrons. The van der Waals surface area contributed by atoms with Crippen LogP contribution >= 0.6 is 0 Å². The molecule has 0 bridgehead atoms. The minimum absolute atomic E-state index is 0.296. The van der Waals surface area contributed by atoms with Crippen molar-refractivity contribution in [1.82, 2.24) is 10.2 Å². The van der Waals surface area contributed by atoms with E-state index in [1.807, 2.05) is 0 Å². The smallest absolute Gasteiger partial charge is 0.0587 e. The number of hydrogen-bond acceptors (Lipinski definition) is 4. The maximum atomic E-state index is 9.60. The van der Waals surface area contributed by atoms with Gasteiger partial charge in [0.1, 0.15) is 0 Å². The Bertz CT molecular complexity index is 719. The van der Waals surface area contributed by atoms with E-state index in [4.69, 9.17) is 5.11 Å². The van der Waals surface area contributed by atoms with Crippen LogP contribution in [0, 0.1) is 21.7 Å². The van der Waals surface area contributed by atoms with Gasteiger partial charge in [0.05, 0.1) is 13.2 Å². The van der Waals surface area contributed by atoms with Gasteiger partial charge in [0.2, 0.25) is 0 Å². The molecule has 4 aliphatic rings. The molecule has 2 saturated carbocycles. The highest BCUT2D eigenvalue weighted by atomic mass is 16.3. The van der Waals surface area contributed by atoms with Crippen LogP contribution in [-0.2, 0) is 6.54 Å². The number of rotatable bonds is 4. The van der Waals surface area contributed by atoms with Gasteiger partial charge in [-0.3, -0.25) is 4.90 Å². The van der Waals surface area contributed by atoms with Crippen molar-refractivity contribution in [2.75, 3.05) is 26.3 Å². The molecule has 2 saturated heterocycles. The van der Waals surface area contributed by atoms with Gasteiger partial charge in [0.25, 0.3) is 0 Å². The molecule has 1 aromatic carbocycles. The maximum absolute atomic E-state index is 9.60. The second-order valence-electron chi connectivity index (χ2n) is 11.6. The fourth-order valence-corrected chi connectivity index (χ4v) is 6.30. The van der Waals surface area contributed by atoms with Crippen molar-refractivity contribution in [3.05, 3.63) is 35.9 Å². The van der Waals surface area contributed by atoms with Crippen molar-refractivity contribution in [2.45, 2.75) is 72.0 Å². The fourth-order valence-electron chi connectivity index (χ4n) is 6.30. The molecule has 4 atom stereocenters. The van der Waals surface area contributed by atoms with Gasteiger partial charge in [-0.2, -0.15) is 0 Å². The fraction of sp³-hybridized carbons (Fsp3) is 0.760. The third-order valence-electron chi connectivity index (χ3n) is 8.86. The minimum Gasteiger partial charge on any atom is -0.395 e. The lowest BCUT2D eigenvalue weighted by molar-refractivity contribution is 0.153. The average molecular weight is 401 g/mol. The van der Waals surface area contributed by atoms with Gasteiger partial charge >= 0.3 is 0 Å². The summed E-state index contributed by atoms with van der Waals surface area (Å²) in [5, 5.41) is 21.9. The van der Waals surface area contributed by atoms with Crippen LogP contribution < -0.4 is 5.32 Å². The largest absolute Gasteiger partial charge is 0.395 e. The molecule has 4 heteroatoms. The molecule has 5 rings (SSSR count). The molecule has 4 fully saturated rings. The second kappa shape index (κ2) is 7.33. The number of aliphatic hydroxyl groups is 2. The van der Waals surface area contributed by atoms with Crippen LogP contribution in [0.5, 0.6) is 0 Å². The highest BCUT2D eigenvalue weighted by Crippen LogP contribution is 2.69. The van der Waals surface area contributed by atoms with E-state index in [2.05, 4.69) is 68.2 Å². The van der Waals surface area contributed by atoms with Gasteiger partial charge in [-0.15, -0.1) is 0 Å². The molecule has 2 aliphatic carbocycles. The van der Waals surface area contributed by atoms with Gasteiger partial charge in [-0.1, -0.05) is 58.0 Å². The third kappa shape index (κ3) is 3.89. The summed E-state index contributed by atoms with van der Waals surface area (Å²) in [7, 11) is 0. The summed E-state index contributed by atoms with van der Waals surface area (Å²) in [6, 6.07) is 11.3. The zero-order valence-electron chi connectivity index (χ0n) is 18.7. The monoisotopic (exact) mass is 400 g/mol. The van der Waals surface area contributed by atoms with Crippen LogP contribution in [0.3, 0.4) is 0 Å². The Morgan fingerprint density at radius 3 is 2.00 bits per heavy atom. The first kappa shape index (κ1) is 21.3. The Hall–Kier alpha value is -0.940. The Labute approximate surface area is 176 Å². The number of benzene rings is 1. The van der Waals surface area contributed by atoms with E-state index in [9.17, 15) is 5.11 Å². The van der Waals surface area contributed by atoms with Crippen LogP contribution in [0.25, 0.3) is 0 Å². The summed E-state index contributed by atoms with van der Waals surface area (Å²) in [5.74, 6) is 0. The lowest BCUT2D eigenvalue weighted by Gasteiger charge is -2.22. The Balaban J connectivity index is 0.000000159. The lowest BCUT2D eigenvalue weighted by Crippen LogP contribution is -2.31. The SMILES string of the molecule is CC1(C)CC12CC(CO)N(Cc1ccccc1)C2.CC1(C)CC12CNC(CO)C2. The molecule has 0 radical (unpaired) electrons. The summed E-state index contributed by atoms with van der Waals surface area (Å²) in [5.41, 5.74) is 3.39. The molecule has 1 aromatic rings. The van der Waals surface area contributed by atoms with Crippen LogP contribution in [0.4, 0.5) is 0 Å². The van der Waals surface area contributed by atoms with Crippen molar-refractivity contribution in [1.29, 1.82) is 0 Å². The molecule has 4 unspecified atom stereocenters. The molecule has 0 aromatic heterocycles. The lowest BCUT2D eigenvalue weighted by atomic mass is 9.93. The zero-order valence-corrected chi connectivity index (χ0v) is 18.7. The van der Waals surface area contributed by atoms with E-state index in [-0.39, 0.29) is 0 Å². The first-order valence-electron chi connectivity index (χ1n) is 11.4. The topological polar surface area (TPSA) is 55.7 Å². The van der Waals surface area contributed by atoms with Crippen LogP contribution in [0.1, 0.15) is 58.9 Å². The highest BCUT2D eigenvalue weighted by molar-refractivity contribution is 5.19. The van der Waals surface area contributed by atoms with E-state index in [1.54, 1.807) is 0 Å². The van der Waals surface area contributed by atoms with Crippen molar-refractivity contribution in [3.8, 4) is 0 Å². The standard InChI is InChI=1S/C16H23NO.C9H17NO/c1-15(2)11-16(15)8-14(10-18)17(12-16)9-13-6-4-3-5-7-13;1-8(2)5-9(8)3-7(4-11)10-6-9/h3-7,14,18H,8-12H2,1-2H3;7,10-11H,3-6H2,1-2H3. The maximum Gasteiger partial charge on any atom is 0.0587 e. The first-order valence-corrected chi connectivity index (χ1v) is 11.4. The minimum atomic E-state index is 0.296. The molecular weight excluding hydrogens is 360 g/mol. The summed E-state index contributed by atoms with van der Waals surface area (Å²) in [6.45, 7) is 13.2. The quantitative estimate of drug-likeness (QED) is 0.725. The van der Waals surface area contributed by atoms with E-state index >= 15 is 0 Å². The average Bonchev–Trinajstić information content (AvgIpc) is 3.18. The van der Waals surface area contributed by atoms with Gasteiger partial charge in [0, 0.05) is 31.7 Å². The molecule has 2 spiro atoms. The number of hydrogen-bond donors (Lipinski definition) is 3. The van der Waals surface area contributed by atoms with E-state index < -0.39 is 0 Å². The molecule has 3 N–H and O–H groups in total. The van der Waals surface area contributed by atoms with Crippen LogP contribution in [-0.4, -0.2) is 53.5 Å². The van der Waals surface area contributed by atoms with Crippen LogP contribution in [0.2, 0.25) is 0 Å². The van der Waals surface area contributed by atoms with Gasteiger partial charge in [0.15, 0.2) is 0 Å². The Morgan fingerprint density at radius 2 is 1.55 bits per heavy atom. The van der Waals surface area contributed by atoms with Gasteiger partial charge < -0.3 is 15.5 Å². The van der Waals surface area contributed by atoms with Gasteiger partial charge in [-0.05, 0) is 52.9 Å². The third-order valence-corrected chi connectivity index (χ3v) is 8.86. The molecule has 2 aliphatic heterocycles. The van der Waals surface area contributed by atoms with Gasteiger partial charge in [-0.25, -0.2) is 0 Å². The van der Waals surface area contributed by atoms with E-state index in [1.165, 1.54) is 31.2 Å². The zero-order chi connectivity index (χ0) is 20.9. The first-order chi connectivity index (χ1) is 13.7. The summed E-state index contributed by atoms with van der Waals surface area (Å²) in [4.78, 5) is 2.48.